The summed E-state index contributed by atoms with van der Waals surface area (Å²) in [5, 5.41) is 4.24. The summed E-state index contributed by atoms with van der Waals surface area (Å²) >= 11 is 4.22. The lowest BCUT2D eigenvalue weighted by Crippen LogP contribution is -2.31. The van der Waals surface area contributed by atoms with Gasteiger partial charge < -0.3 is 5.32 Å². The first-order valence-electron chi connectivity index (χ1n) is 6.80. The van der Waals surface area contributed by atoms with Crippen molar-refractivity contribution in [3.8, 4) is 0 Å². The third kappa shape index (κ3) is 3.69. The third-order valence-electron chi connectivity index (χ3n) is 3.37. The second-order valence-corrected chi connectivity index (χ2v) is 7.24. The van der Waals surface area contributed by atoms with E-state index in [0.29, 0.717) is 11.3 Å². The van der Waals surface area contributed by atoms with Gasteiger partial charge in [-0.2, -0.15) is 23.5 Å². The van der Waals surface area contributed by atoms with Gasteiger partial charge >= 0.3 is 0 Å². The van der Waals surface area contributed by atoms with Crippen LogP contribution in [0.25, 0.3) is 0 Å². The van der Waals surface area contributed by atoms with Gasteiger partial charge in [-0.25, -0.2) is 0 Å². The van der Waals surface area contributed by atoms with Gasteiger partial charge in [-0.05, 0) is 24.6 Å². The highest BCUT2D eigenvalue weighted by atomic mass is 32.2. The normalized spacial score (nSPS) is 21.8. The monoisotopic (exact) mass is 281 g/mol. The topological polar surface area (TPSA) is 12.0 Å². The van der Waals surface area contributed by atoms with Gasteiger partial charge in [-0.15, -0.1) is 0 Å². The summed E-state index contributed by atoms with van der Waals surface area (Å²) in [5.74, 6) is 3.88. The fourth-order valence-corrected chi connectivity index (χ4v) is 5.41. The van der Waals surface area contributed by atoms with Crippen LogP contribution < -0.4 is 5.32 Å². The molecule has 2 unspecified atom stereocenters. The average Bonchev–Trinajstić information content (AvgIpc) is 2.42. The van der Waals surface area contributed by atoms with Crippen molar-refractivity contribution in [1.82, 2.24) is 5.32 Å². The van der Waals surface area contributed by atoms with Crippen molar-refractivity contribution in [2.24, 2.45) is 0 Å². The first kappa shape index (κ1) is 14.3. The Morgan fingerprint density at radius 1 is 1.39 bits per heavy atom. The summed E-state index contributed by atoms with van der Waals surface area (Å²) in [7, 11) is 2.09. The smallest absolute Gasteiger partial charge is 0.0446 e. The molecule has 1 aromatic rings. The summed E-state index contributed by atoms with van der Waals surface area (Å²) in [5.41, 5.74) is 2.94. The molecule has 1 aliphatic heterocycles. The summed E-state index contributed by atoms with van der Waals surface area (Å²) in [6.45, 7) is 2.25. The molecule has 2 rings (SSSR count). The number of benzene rings is 1. The fourth-order valence-electron chi connectivity index (χ4n) is 2.50. The van der Waals surface area contributed by atoms with Gasteiger partial charge in [0.1, 0.15) is 0 Å². The maximum Gasteiger partial charge on any atom is 0.0446 e. The number of hydrogen-bond donors (Lipinski definition) is 1. The number of rotatable bonds is 5. The summed E-state index contributed by atoms with van der Waals surface area (Å²) in [6, 6.07) is 9.64. The van der Waals surface area contributed by atoms with Crippen LogP contribution in [0.4, 0.5) is 0 Å². The zero-order valence-electron chi connectivity index (χ0n) is 11.3. The zero-order valence-corrected chi connectivity index (χ0v) is 12.9. The Labute approximate surface area is 120 Å². The van der Waals surface area contributed by atoms with E-state index in [1.807, 2.05) is 0 Å². The van der Waals surface area contributed by atoms with Crippen LogP contribution in [0.1, 0.15) is 30.5 Å². The Bertz CT molecular complexity index is 361. The van der Waals surface area contributed by atoms with Crippen LogP contribution in [0.15, 0.2) is 24.3 Å². The first-order valence-corrected chi connectivity index (χ1v) is 9.01. The van der Waals surface area contributed by atoms with Gasteiger partial charge in [0.05, 0.1) is 0 Å². The van der Waals surface area contributed by atoms with Crippen molar-refractivity contribution >= 4 is 23.5 Å². The third-order valence-corrected chi connectivity index (χ3v) is 6.24. The molecule has 1 aliphatic rings. The molecule has 1 heterocycles. The van der Waals surface area contributed by atoms with Crippen LogP contribution in [0.2, 0.25) is 0 Å². The van der Waals surface area contributed by atoms with Crippen molar-refractivity contribution in [3.63, 3.8) is 0 Å². The number of hydrogen-bond acceptors (Lipinski definition) is 3. The Morgan fingerprint density at radius 2 is 2.28 bits per heavy atom. The number of thioether (sulfide) groups is 2. The quantitative estimate of drug-likeness (QED) is 0.883. The maximum atomic E-state index is 3.52. The second kappa shape index (κ2) is 7.46. The molecule has 0 bridgehead atoms. The van der Waals surface area contributed by atoms with Crippen molar-refractivity contribution < 1.29 is 0 Å². The van der Waals surface area contributed by atoms with E-state index in [4.69, 9.17) is 0 Å². The molecule has 1 fully saturated rings. The molecular weight excluding hydrogens is 258 g/mol. The molecule has 1 nitrogen and oxygen atoms in total. The van der Waals surface area contributed by atoms with Gasteiger partial charge in [0.15, 0.2) is 0 Å². The van der Waals surface area contributed by atoms with E-state index in [1.54, 1.807) is 0 Å². The maximum absolute atomic E-state index is 3.52. The van der Waals surface area contributed by atoms with Crippen molar-refractivity contribution in [2.75, 3.05) is 24.3 Å². The molecule has 3 heteroatoms. The van der Waals surface area contributed by atoms with Gasteiger partial charge in [0, 0.05) is 28.6 Å². The molecule has 1 aromatic carbocycles. The lowest BCUT2D eigenvalue weighted by atomic mass is 10.00. The van der Waals surface area contributed by atoms with E-state index in [2.05, 4.69) is 67.1 Å². The Balaban J connectivity index is 2.12. The summed E-state index contributed by atoms with van der Waals surface area (Å²) in [4.78, 5) is 0. The zero-order chi connectivity index (χ0) is 12.8. The van der Waals surface area contributed by atoms with Crippen LogP contribution in [0.5, 0.6) is 0 Å². The highest BCUT2D eigenvalue weighted by Crippen LogP contribution is 2.33. The van der Waals surface area contributed by atoms with Crippen LogP contribution >= 0.6 is 23.5 Å². The van der Waals surface area contributed by atoms with E-state index in [0.717, 1.165) is 0 Å². The second-order valence-electron chi connectivity index (χ2n) is 4.75. The van der Waals surface area contributed by atoms with Crippen LogP contribution in [0, 0.1) is 0 Å². The Morgan fingerprint density at radius 3 is 2.94 bits per heavy atom. The molecule has 0 aliphatic carbocycles. The summed E-state index contributed by atoms with van der Waals surface area (Å²) < 4.78 is 0. The molecule has 100 valence electrons. The Hall–Kier alpha value is -0.120. The molecule has 0 aromatic heterocycles. The van der Waals surface area contributed by atoms with Crippen molar-refractivity contribution in [1.29, 1.82) is 0 Å². The van der Waals surface area contributed by atoms with Crippen LogP contribution in [-0.4, -0.2) is 29.6 Å². The van der Waals surface area contributed by atoms with E-state index in [-0.39, 0.29) is 0 Å². The van der Waals surface area contributed by atoms with E-state index in [9.17, 15) is 0 Å². The number of aryl methyl sites for hydroxylation is 1. The minimum atomic E-state index is 0.500. The van der Waals surface area contributed by atoms with E-state index in [1.165, 1.54) is 41.2 Å². The standard InChI is InChI=1S/C15H23NS2/c1-3-5-12-6-4-7-13(10-12)15(16-2)14-11-17-8-9-18-14/h4,6-7,10,14-16H,3,5,8-9,11H2,1-2H3. The molecule has 0 spiro atoms. The molecule has 1 N–H and O–H groups in total. The lowest BCUT2D eigenvalue weighted by molar-refractivity contribution is 0.591. The number of nitrogens with one attached hydrogen (secondary N) is 1. The molecule has 0 saturated carbocycles. The predicted octanol–water partition coefficient (Wildman–Crippen LogP) is 3.75. The van der Waals surface area contributed by atoms with Gasteiger partial charge in [-0.3, -0.25) is 0 Å². The van der Waals surface area contributed by atoms with Crippen LogP contribution in [-0.2, 0) is 6.42 Å². The predicted molar refractivity (Wildman–Crippen MR) is 85.8 cm³/mol. The minimum Gasteiger partial charge on any atom is -0.312 e. The minimum absolute atomic E-state index is 0.500. The van der Waals surface area contributed by atoms with Gasteiger partial charge in [-0.1, -0.05) is 37.6 Å². The molecular formula is C15H23NS2. The van der Waals surface area contributed by atoms with Crippen LogP contribution in [0.3, 0.4) is 0 Å². The van der Waals surface area contributed by atoms with Crippen molar-refractivity contribution in [2.45, 2.75) is 31.1 Å². The lowest BCUT2D eigenvalue weighted by Gasteiger charge is -2.29. The van der Waals surface area contributed by atoms with Crippen molar-refractivity contribution in [3.05, 3.63) is 35.4 Å². The SMILES string of the molecule is CCCc1cccc(C(NC)C2CSCCS2)c1. The van der Waals surface area contributed by atoms with Gasteiger partial charge in [0.2, 0.25) is 0 Å². The first-order chi connectivity index (χ1) is 8.85. The molecule has 18 heavy (non-hydrogen) atoms. The average molecular weight is 281 g/mol. The van der Waals surface area contributed by atoms with E-state index >= 15 is 0 Å². The Kier molecular flexibility index (Phi) is 5.93. The molecule has 2 atom stereocenters. The highest BCUT2D eigenvalue weighted by molar-refractivity contribution is 8.06. The highest BCUT2D eigenvalue weighted by Gasteiger charge is 2.24. The molecule has 0 radical (unpaired) electrons. The molecule has 1 saturated heterocycles. The largest absolute Gasteiger partial charge is 0.312 e. The summed E-state index contributed by atoms with van der Waals surface area (Å²) in [6.07, 6.45) is 2.42. The van der Waals surface area contributed by atoms with Gasteiger partial charge in [0.25, 0.3) is 0 Å². The fraction of sp³-hybridized carbons (Fsp3) is 0.600. The van der Waals surface area contributed by atoms with E-state index < -0.39 is 0 Å². The molecule has 0 amide bonds.